The van der Waals surface area contributed by atoms with E-state index in [1.807, 2.05) is 42.5 Å². The molecule has 1 aromatic carbocycles. The molecule has 24 heavy (non-hydrogen) atoms. The molecule has 120 valence electrons. The van der Waals surface area contributed by atoms with Crippen LogP contribution in [0.5, 0.6) is 0 Å². The van der Waals surface area contributed by atoms with Crippen LogP contribution < -0.4 is 0 Å². The highest BCUT2D eigenvalue weighted by Gasteiger charge is 2.21. The van der Waals surface area contributed by atoms with E-state index in [2.05, 4.69) is 4.98 Å². The number of ketones is 2. The van der Waals surface area contributed by atoms with Crippen molar-refractivity contribution in [3.63, 3.8) is 0 Å². The molecule has 1 heterocycles. The number of aromatic nitrogens is 1. The highest BCUT2D eigenvalue weighted by atomic mass is 16.1. The van der Waals surface area contributed by atoms with E-state index in [1.165, 1.54) is 13.0 Å². The minimum Gasteiger partial charge on any atom is -0.355 e. The van der Waals surface area contributed by atoms with Crippen molar-refractivity contribution in [1.29, 1.82) is 5.26 Å². The SMILES string of the molecule is CC(=O)c1c(C)[nH]c(C(=O)C(C#N)=CC=Cc2ccccc2)c1C. The zero-order valence-corrected chi connectivity index (χ0v) is 13.9. The summed E-state index contributed by atoms with van der Waals surface area (Å²) in [4.78, 5) is 27.2. The molecule has 0 unspecified atom stereocenters. The number of aryl methyl sites for hydroxylation is 1. The number of nitriles is 1. The second-order valence-electron chi connectivity index (χ2n) is 5.47. The Labute approximate surface area is 141 Å². The van der Waals surface area contributed by atoms with E-state index in [-0.39, 0.29) is 11.4 Å². The predicted octanol–water partition coefficient (Wildman–Crippen LogP) is 4.18. The van der Waals surface area contributed by atoms with E-state index in [4.69, 9.17) is 0 Å². The van der Waals surface area contributed by atoms with E-state index in [1.54, 1.807) is 19.9 Å². The van der Waals surface area contributed by atoms with Crippen molar-refractivity contribution in [2.75, 3.05) is 0 Å². The van der Waals surface area contributed by atoms with Crippen molar-refractivity contribution < 1.29 is 9.59 Å². The van der Waals surface area contributed by atoms with Crippen molar-refractivity contribution in [1.82, 2.24) is 4.98 Å². The zero-order chi connectivity index (χ0) is 17.7. The number of nitrogens with zero attached hydrogens (tertiary/aromatic N) is 1. The third kappa shape index (κ3) is 3.58. The normalized spacial score (nSPS) is 11.5. The molecule has 0 aliphatic heterocycles. The molecule has 1 N–H and O–H groups in total. The number of carbonyl (C=O) groups is 2. The summed E-state index contributed by atoms with van der Waals surface area (Å²) in [6.45, 7) is 4.91. The van der Waals surface area contributed by atoms with E-state index in [0.29, 0.717) is 22.5 Å². The van der Waals surface area contributed by atoms with Crippen LogP contribution >= 0.6 is 0 Å². The molecule has 0 bridgehead atoms. The Hall–Kier alpha value is -3.19. The van der Waals surface area contributed by atoms with Crippen molar-refractivity contribution >= 4 is 17.6 Å². The number of hydrogen-bond donors (Lipinski definition) is 1. The molecule has 0 radical (unpaired) electrons. The van der Waals surface area contributed by atoms with Gasteiger partial charge in [0.2, 0.25) is 5.78 Å². The van der Waals surface area contributed by atoms with Crippen molar-refractivity contribution in [2.45, 2.75) is 20.8 Å². The molecule has 0 saturated carbocycles. The molecular weight excluding hydrogens is 300 g/mol. The van der Waals surface area contributed by atoms with Crippen LogP contribution in [0.2, 0.25) is 0 Å². The Morgan fingerprint density at radius 3 is 2.38 bits per heavy atom. The van der Waals surface area contributed by atoms with Gasteiger partial charge >= 0.3 is 0 Å². The summed E-state index contributed by atoms with van der Waals surface area (Å²) in [5.41, 5.74) is 3.01. The lowest BCUT2D eigenvalue weighted by Gasteiger charge is -1.98. The molecule has 0 atom stereocenters. The predicted molar refractivity (Wildman–Crippen MR) is 93.8 cm³/mol. The van der Waals surface area contributed by atoms with Gasteiger partial charge in [-0.05, 0) is 38.0 Å². The first-order valence-corrected chi connectivity index (χ1v) is 7.54. The minimum atomic E-state index is -0.414. The Morgan fingerprint density at radius 2 is 1.83 bits per heavy atom. The fraction of sp³-hybridized carbons (Fsp3) is 0.150. The van der Waals surface area contributed by atoms with Crippen LogP contribution in [-0.2, 0) is 0 Å². The summed E-state index contributed by atoms with van der Waals surface area (Å²) < 4.78 is 0. The lowest BCUT2D eigenvalue weighted by atomic mass is 10.0. The summed E-state index contributed by atoms with van der Waals surface area (Å²) in [5.74, 6) is -0.518. The van der Waals surface area contributed by atoms with Gasteiger partial charge in [0.25, 0.3) is 0 Å². The fourth-order valence-corrected chi connectivity index (χ4v) is 2.62. The van der Waals surface area contributed by atoms with E-state index in [0.717, 1.165) is 5.56 Å². The first-order valence-electron chi connectivity index (χ1n) is 7.54. The number of aromatic amines is 1. The maximum Gasteiger partial charge on any atom is 0.219 e. The van der Waals surface area contributed by atoms with Gasteiger partial charge < -0.3 is 4.98 Å². The smallest absolute Gasteiger partial charge is 0.219 e. The average Bonchev–Trinajstić information content (AvgIpc) is 2.86. The Bertz CT molecular complexity index is 878. The van der Waals surface area contributed by atoms with Crippen LogP contribution in [0.4, 0.5) is 0 Å². The van der Waals surface area contributed by atoms with Gasteiger partial charge in [0, 0.05) is 11.3 Å². The molecule has 0 aliphatic carbocycles. The molecule has 4 heteroatoms. The van der Waals surface area contributed by atoms with Gasteiger partial charge in [0.05, 0.1) is 5.69 Å². The topological polar surface area (TPSA) is 73.7 Å². The molecule has 0 amide bonds. The van der Waals surface area contributed by atoms with E-state index >= 15 is 0 Å². The van der Waals surface area contributed by atoms with Crippen LogP contribution in [-0.4, -0.2) is 16.6 Å². The molecular formula is C20H18N2O2. The highest BCUT2D eigenvalue weighted by Crippen LogP contribution is 2.21. The Balaban J connectivity index is 2.32. The Morgan fingerprint density at radius 1 is 1.17 bits per heavy atom. The van der Waals surface area contributed by atoms with Crippen molar-refractivity contribution in [3.8, 4) is 6.07 Å². The van der Waals surface area contributed by atoms with Gasteiger partial charge in [-0.3, -0.25) is 9.59 Å². The standard InChI is InChI=1S/C20H18N2O2/c1-13-18(15(3)23)14(2)22-19(13)20(24)17(12-21)11-7-10-16-8-5-4-6-9-16/h4-11,22H,1-3H3. The summed E-state index contributed by atoms with van der Waals surface area (Å²) >= 11 is 0. The third-order valence-corrected chi connectivity index (χ3v) is 3.73. The molecule has 0 saturated heterocycles. The molecule has 4 nitrogen and oxygen atoms in total. The first kappa shape index (κ1) is 17.2. The van der Waals surface area contributed by atoms with Crippen molar-refractivity contribution in [2.24, 2.45) is 0 Å². The summed E-state index contributed by atoms with van der Waals surface area (Å²) in [7, 11) is 0. The molecule has 2 aromatic rings. The number of hydrogen-bond acceptors (Lipinski definition) is 3. The van der Waals surface area contributed by atoms with Crippen LogP contribution in [0.1, 0.15) is 44.6 Å². The second-order valence-corrected chi connectivity index (χ2v) is 5.47. The number of rotatable bonds is 5. The van der Waals surface area contributed by atoms with Crippen LogP contribution in [0.25, 0.3) is 6.08 Å². The molecule has 0 fully saturated rings. The van der Waals surface area contributed by atoms with Gasteiger partial charge in [-0.2, -0.15) is 5.26 Å². The average molecular weight is 318 g/mol. The molecule has 0 spiro atoms. The van der Waals surface area contributed by atoms with Gasteiger partial charge in [0.15, 0.2) is 5.78 Å². The van der Waals surface area contributed by atoms with Crippen LogP contribution in [0, 0.1) is 25.2 Å². The Kier molecular flexibility index (Phi) is 5.28. The van der Waals surface area contributed by atoms with Gasteiger partial charge in [-0.25, -0.2) is 0 Å². The zero-order valence-electron chi connectivity index (χ0n) is 13.9. The van der Waals surface area contributed by atoms with Gasteiger partial charge in [0.1, 0.15) is 11.6 Å². The maximum atomic E-state index is 12.6. The summed E-state index contributed by atoms with van der Waals surface area (Å²) in [6, 6.07) is 11.5. The fourth-order valence-electron chi connectivity index (χ4n) is 2.62. The van der Waals surface area contributed by atoms with Gasteiger partial charge in [-0.1, -0.05) is 42.5 Å². The number of carbonyl (C=O) groups excluding carboxylic acids is 2. The second kappa shape index (κ2) is 7.38. The minimum absolute atomic E-state index is 0.0154. The lowest BCUT2D eigenvalue weighted by Crippen LogP contribution is -2.05. The summed E-state index contributed by atoms with van der Waals surface area (Å²) in [5, 5.41) is 9.28. The summed E-state index contributed by atoms with van der Waals surface area (Å²) in [6.07, 6.45) is 4.97. The lowest BCUT2D eigenvalue weighted by molar-refractivity contribution is 0.101. The number of allylic oxidation sites excluding steroid dienone is 3. The van der Waals surface area contributed by atoms with Crippen LogP contribution in [0.15, 0.2) is 48.1 Å². The molecule has 1 aromatic heterocycles. The molecule has 2 rings (SSSR count). The number of H-pyrrole nitrogens is 1. The number of benzene rings is 1. The maximum absolute atomic E-state index is 12.6. The largest absolute Gasteiger partial charge is 0.355 e. The molecule has 0 aliphatic rings. The highest BCUT2D eigenvalue weighted by molar-refractivity contribution is 6.13. The van der Waals surface area contributed by atoms with Gasteiger partial charge in [-0.15, -0.1) is 0 Å². The first-order chi connectivity index (χ1) is 11.5. The number of nitrogens with one attached hydrogen (secondary N) is 1. The quantitative estimate of drug-likeness (QED) is 0.389. The number of Topliss-reactive ketones (excluding diaryl/α,β-unsaturated/α-hetero) is 2. The van der Waals surface area contributed by atoms with Crippen LogP contribution in [0.3, 0.4) is 0 Å². The van der Waals surface area contributed by atoms with E-state index in [9.17, 15) is 14.9 Å². The van der Waals surface area contributed by atoms with E-state index < -0.39 is 5.78 Å². The third-order valence-electron chi connectivity index (χ3n) is 3.73. The van der Waals surface area contributed by atoms with Crippen molar-refractivity contribution in [3.05, 3.63) is 76.1 Å². The monoisotopic (exact) mass is 318 g/mol.